The van der Waals surface area contributed by atoms with Crippen LogP contribution in [0.25, 0.3) is 0 Å². The van der Waals surface area contributed by atoms with Gasteiger partial charge >= 0.3 is 0 Å². The third-order valence-electron chi connectivity index (χ3n) is 4.93. The molecule has 1 atom stereocenters. The number of hydrogen-bond donors (Lipinski definition) is 0. The number of aryl methyl sites for hydroxylation is 1. The largest absolute Gasteiger partial charge is 0.376 e. The molecule has 0 N–H and O–H groups in total. The number of carbonyl (C=O) groups is 2. The van der Waals surface area contributed by atoms with Crippen molar-refractivity contribution in [3.05, 3.63) is 57.8 Å². The second-order valence-corrected chi connectivity index (χ2v) is 8.65. The maximum atomic E-state index is 13.1. The van der Waals surface area contributed by atoms with Crippen LogP contribution in [0.3, 0.4) is 0 Å². The van der Waals surface area contributed by atoms with Crippen LogP contribution in [-0.2, 0) is 27.4 Å². The van der Waals surface area contributed by atoms with Crippen LogP contribution < -0.4 is 0 Å². The Balaban J connectivity index is 1.70. The fraction of sp³-hybridized carbons (Fsp3) is 0.455. The third-order valence-corrected chi connectivity index (χ3v) is 5.92. The number of nitrogens with zero attached hydrogens (tertiary/aromatic N) is 2. The fourth-order valence-electron chi connectivity index (χ4n) is 3.40. The van der Waals surface area contributed by atoms with E-state index >= 15 is 0 Å². The maximum Gasteiger partial charge on any atom is 0.242 e. The average Bonchev–Trinajstić information content (AvgIpc) is 3.33. The first-order valence-corrected chi connectivity index (χ1v) is 10.6. The molecule has 1 saturated heterocycles. The maximum absolute atomic E-state index is 13.1. The molecule has 1 aliphatic rings. The normalized spacial score (nSPS) is 16.1. The Morgan fingerprint density at radius 1 is 1.11 bits per heavy atom. The first-order valence-electron chi connectivity index (χ1n) is 9.75. The number of amides is 2. The Morgan fingerprint density at radius 2 is 1.89 bits per heavy atom. The molecule has 2 aromatic rings. The first kappa shape index (κ1) is 20.6. The molecule has 0 aliphatic carbocycles. The van der Waals surface area contributed by atoms with Gasteiger partial charge in [-0.1, -0.05) is 30.3 Å². The van der Waals surface area contributed by atoms with E-state index in [2.05, 4.69) is 19.1 Å². The summed E-state index contributed by atoms with van der Waals surface area (Å²) in [6.07, 6.45) is 2.00. The van der Waals surface area contributed by atoms with Crippen LogP contribution in [0, 0.1) is 6.92 Å². The molecule has 28 heavy (non-hydrogen) atoms. The molecule has 2 amide bonds. The zero-order chi connectivity index (χ0) is 19.9. The van der Waals surface area contributed by atoms with Crippen molar-refractivity contribution in [2.75, 3.05) is 19.7 Å². The highest BCUT2D eigenvalue weighted by molar-refractivity contribution is 7.11. The Morgan fingerprint density at radius 3 is 2.50 bits per heavy atom. The summed E-state index contributed by atoms with van der Waals surface area (Å²) in [5, 5.41) is 0. The molecule has 0 radical (unpaired) electrons. The molecule has 2 heterocycles. The number of thiophene rings is 1. The summed E-state index contributed by atoms with van der Waals surface area (Å²) in [6.45, 7) is 5.98. The minimum atomic E-state index is -0.0875. The molecule has 150 valence electrons. The minimum absolute atomic E-state index is 0.0388. The summed E-state index contributed by atoms with van der Waals surface area (Å²) < 4.78 is 5.65. The quantitative estimate of drug-likeness (QED) is 0.680. The topological polar surface area (TPSA) is 49.9 Å². The molecule has 0 saturated carbocycles. The minimum Gasteiger partial charge on any atom is -0.376 e. The van der Waals surface area contributed by atoms with Gasteiger partial charge in [0.05, 0.1) is 19.2 Å². The van der Waals surface area contributed by atoms with E-state index in [1.807, 2.05) is 35.2 Å². The Hall–Kier alpha value is -2.18. The lowest BCUT2D eigenvalue weighted by molar-refractivity contribution is -0.141. The molecule has 1 aromatic carbocycles. The van der Waals surface area contributed by atoms with E-state index in [-0.39, 0.29) is 24.5 Å². The van der Waals surface area contributed by atoms with Crippen LogP contribution >= 0.6 is 11.3 Å². The molecule has 6 heteroatoms. The Labute approximate surface area is 170 Å². The number of hydrogen-bond acceptors (Lipinski definition) is 4. The Bertz CT molecular complexity index is 784. The van der Waals surface area contributed by atoms with Crippen LogP contribution in [0.2, 0.25) is 0 Å². The van der Waals surface area contributed by atoms with Gasteiger partial charge in [-0.3, -0.25) is 9.59 Å². The van der Waals surface area contributed by atoms with Gasteiger partial charge < -0.3 is 14.5 Å². The van der Waals surface area contributed by atoms with Gasteiger partial charge in [0.1, 0.15) is 0 Å². The van der Waals surface area contributed by atoms with Crippen LogP contribution in [0.15, 0.2) is 42.5 Å². The van der Waals surface area contributed by atoms with Crippen molar-refractivity contribution in [2.45, 2.75) is 45.9 Å². The zero-order valence-corrected chi connectivity index (χ0v) is 17.4. The summed E-state index contributed by atoms with van der Waals surface area (Å²) >= 11 is 1.70. The summed E-state index contributed by atoms with van der Waals surface area (Å²) in [5.74, 6) is -0.126. The van der Waals surface area contributed by atoms with Gasteiger partial charge in [-0.15, -0.1) is 11.3 Å². The lowest BCUT2D eigenvalue weighted by atomic mass is 10.2. The zero-order valence-electron chi connectivity index (χ0n) is 16.6. The van der Waals surface area contributed by atoms with Gasteiger partial charge in [-0.05, 0) is 37.5 Å². The molecular weight excluding hydrogens is 372 g/mol. The summed E-state index contributed by atoms with van der Waals surface area (Å²) in [7, 11) is 0. The standard InChI is InChI=1S/C22H28N2O3S/c1-17-10-11-21(28-17)15-24(13-19-7-4-3-5-8-19)22(26)16-23(18(2)25)14-20-9-6-12-27-20/h3-5,7-8,10-11,20H,6,9,12-16H2,1-2H3. The second-order valence-electron chi connectivity index (χ2n) is 7.28. The van der Waals surface area contributed by atoms with E-state index in [1.165, 1.54) is 11.8 Å². The van der Waals surface area contributed by atoms with Crippen molar-refractivity contribution in [2.24, 2.45) is 0 Å². The van der Waals surface area contributed by atoms with Crippen molar-refractivity contribution in [3.63, 3.8) is 0 Å². The van der Waals surface area contributed by atoms with Gasteiger partial charge in [0.25, 0.3) is 0 Å². The summed E-state index contributed by atoms with van der Waals surface area (Å²) in [5.41, 5.74) is 1.08. The van der Waals surface area contributed by atoms with E-state index < -0.39 is 0 Å². The molecule has 0 spiro atoms. The van der Waals surface area contributed by atoms with Crippen molar-refractivity contribution >= 4 is 23.2 Å². The van der Waals surface area contributed by atoms with Gasteiger partial charge in [0, 0.05) is 36.4 Å². The van der Waals surface area contributed by atoms with Gasteiger partial charge in [0.2, 0.25) is 11.8 Å². The van der Waals surface area contributed by atoms with E-state index in [4.69, 9.17) is 4.74 Å². The lowest BCUT2D eigenvalue weighted by Gasteiger charge is -2.28. The number of ether oxygens (including phenoxy) is 1. The van der Waals surface area contributed by atoms with E-state index in [0.717, 1.165) is 29.9 Å². The lowest BCUT2D eigenvalue weighted by Crippen LogP contribution is -2.44. The van der Waals surface area contributed by atoms with Gasteiger partial charge in [-0.25, -0.2) is 0 Å². The molecule has 5 nitrogen and oxygen atoms in total. The van der Waals surface area contributed by atoms with Crippen LogP contribution in [-0.4, -0.2) is 47.4 Å². The number of rotatable bonds is 8. The predicted octanol–water partition coefficient (Wildman–Crippen LogP) is 3.61. The highest BCUT2D eigenvalue weighted by Crippen LogP contribution is 2.19. The van der Waals surface area contributed by atoms with E-state index in [1.54, 1.807) is 16.2 Å². The van der Waals surface area contributed by atoms with Crippen LogP contribution in [0.4, 0.5) is 0 Å². The van der Waals surface area contributed by atoms with E-state index in [0.29, 0.717) is 19.6 Å². The highest BCUT2D eigenvalue weighted by Gasteiger charge is 2.25. The van der Waals surface area contributed by atoms with E-state index in [9.17, 15) is 9.59 Å². The first-order chi connectivity index (χ1) is 13.5. The Kier molecular flexibility index (Phi) is 7.23. The SMILES string of the molecule is CC(=O)N(CC(=O)N(Cc1ccccc1)Cc1ccc(C)s1)CC1CCCO1. The average molecular weight is 401 g/mol. The second kappa shape index (κ2) is 9.85. The smallest absolute Gasteiger partial charge is 0.242 e. The monoisotopic (exact) mass is 400 g/mol. The molecule has 1 aliphatic heterocycles. The predicted molar refractivity (Wildman–Crippen MR) is 111 cm³/mol. The van der Waals surface area contributed by atoms with Crippen molar-refractivity contribution in [3.8, 4) is 0 Å². The van der Waals surface area contributed by atoms with Crippen LogP contribution in [0.1, 0.15) is 35.1 Å². The molecular formula is C22H28N2O3S. The van der Waals surface area contributed by atoms with Crippen LogP contribution in [0.5, 0.6) is 0 Å². The molecule has 1 aromatic heterocycles. The fourth-order valence-corrected chi connectivity index (χ4v) is 4.30. The van der Waals surface area contributed by atoms with Crippen molar-refractivity contribution in [1.29, 1.82) is 0 Å². The van der Waals surface area contributed by atoms with Gasteiger partial charge in [-0.2, -0.15) is 0 Å². The molecule has 1 unspecified atom stereocenters. The van der Waals surface area contributed by atoms with Gasteiger partial charge in [0.15, 0.2) is 0 Å². The number of carbonyl (C=O) groups excluding carboxylic acids is 2. The summed E-state index contributed by atoms with van der Waals surface area (Å²) in [6, 6.07) is 14.1. The highest BCUT2D eigenvalue weighted by atomic mass is 32.1. The van der Waals surface area contributed by atoms with Crippen molar-refractivity contribution in [1.82, 2.24) is 9.80 Å². The molecule has 1 fully saturated rings. The third kappa shape index (κ3) is 5.91. The molecule has 0 bridgehead atoms. The molecule has 3 rings (SSSR count). The number of benzene rings is 1. The van der Waals surface area contributed by atoms with Crippen molar-refractivity contribution < 1.29 is 14.3 Å². The summed E-state index contributed by atoms with van der Waals surface area (Å²) in [4.78, 5) is 31.1.